The zero-order valence-corrected chi connectivity index (χ0v) is 17.5. The highest BCUT2D eigenvalue weighted by molar-refractivity contribution is 5.89. The lowest BCUT2D eigenvalue weighted by molar-refractivity contribution is 0.00752. The van der Waals surface area contributed by atoms with E-state index in [0.717, 1.165) is 50.9 Å². The fourth-order valence-electron chi connectivity index (χ4n) is 3.27. The van der Waals surface area contributed by atoms with Gasteiger partial charge in [0.1, 0.15) is 0 Å². The van der Waals surface area contributed by atoms with Crippen LogP contribution in [0.25, 0.3) is 0 Å². The summed E-state index contributed by atoms with van der Waals surface area (Å²) in [5.41, 5.74) is 1.59. The summed E-state index contributed by atoms with van der Waals surface area (Å²) in [5, 5.41) is 6.80. The molecule has 2 N–H and O–H groups in total. The number of carbonyl (C=O) groups is 1. The number of carbonyl (C=O) groups excluding carboxylic acids is 1. The molecule has 7 nitrogen and oxygen atoms in total. The minimum atomic E-state index is -0.326. The molecule has 1 aliphatic heterocycles. The van der Waals surface area contributed by atoms with Crippen LogP contribution in [-0.2, 0) is 16.0 Å². The molecule has 1 heterocycles. The van der Waals surface area contributed by atoms with Gasteiger partial charge in [-0.3, -0.25) is 4.90 Å². The second-order valence-corrected chi connectivity index (χ2v) is 7.22. The van der Waals surface area contributed by atoms with Gasteiger partial charge in [-0.25, -0.2) is 9.79 Å². The summed E-state index contributed by atoms with van der Waals surface area (Å²) >= 11 is 0. The zero-order chi connectivity index (χ0) is 20.4. The van der Waals surface area contributed by atoms with Crippen LogP contribution in [0.3, 0.4) is 0 Å². The van der Waals surface area contributed by atoms with Crippen molar-refractivity contribution in [3.05, 3.63) is 35.4 Å². The summed E-state index contributed by atoms with van der Waals surface area (Å²) in [5.74, 6) is 1.02. The van der Waals surface area contributed by atoms with Gasteiger partial charge in [0.25, 0.3) is 0 Å². The van der Waals surface area contributed by atoms with E-state index in [-0.39, 0.29) is 5.97 Å². The van der Waals surface area contributed by atoms with E-state index < -0.39 is 0 Å². The van der Waals surface area contributed by atoms with E-state index in [2.05, 4.69) is 41.3 Å². The summed E-state index contributed by atoms with van der Waals surface area (Å²) in [6.07, 6.45) is 0. The summed E-state index contributed by atoms with van der Waals surface area (Å²) in [7, 11) is 1.39. The van der Waals surface area contributed by atoms with E-state index in [4.69, 9.17) is 9.47 Å². The maximum atomic E-state index is 11.5. The van der Waals surface area contributed by atoms with E-state index in [1.165, 1.54) is 7.11 Å². The number of methoxy groups -OCH3 is 1. The van der Waals surface area contributed by atoms with E-state index in [0.29, 0.717) is 24.1 Å². The molecule has 1 unspecified atom stereocenters. The van der Waals surface area contributed by atoms with Crippen LogP contribution >= 0.6 is 0 Å². The average Bonchev–Trinajstić information content (AvgIpc) is 2.72. The number of benzene rings is 1. The second-order valence-electron chi connectivity index (χ2n) is 7.22. The SMILES string of the molecule is CCNC(=NCc1ccc(C(=O)OC)cc1)NCC(C(C)C)N1CCOCC1. The number of aliphatic imine (C=N–C) groups is 1. The fraction of sp³-hybridized carbons (Fsp3) is 0.619. The Bertz CT molecular complexity index is 625. The molecular weight excluding hydrogens is 356 g/mol. The quantitative estimate of drug-likeness (QED) is 0.401. The average molecular weight is 391 g/mol. The first-order valence-corrected chi connectivity index (χ1v) is 10.1. The lowest BCUT2D eigenvalue weighted by Gasteiger charge is -2.37. The Labute approximate surface area is 168 Å². The van der Waals surface area contributed by atoms with Gasteiger partial charge in [-0.1, -0.05) is 26.0 Å². The van der Waals surface area contributed by atoms with Crippen LogP contribution in [0.4, 0.5) is 0 Å². The van der Waals surface area contributed by atoms with E-state index in [1.54, 1.807) is 12.1 Å². The maximum Gasteiger partial charge on any atom is 0.337 e. The van der Waals surface area contributed by atoms with Crippen molar-refractivity contribution < 1.29 is 14.3 Å². The Hall–Kier alpha value is -2.12. The Morgan fingerprint density at radius 1 is 1.21 bits per heavy atom. The van der Waals surface area contributed by atoms with Gasteiger partial charge in [0.05, 0.1) is 32.4 Å². The van der Waals surface area contributed by atoms with Gasteiger partial charge >= 0.3 is 5.97 Å². The van der Waals surface area contributed by atoms with Crippen molar-refractivity contribution in [1.82, 2.24) is 15.5 Å². The van der Waals surface area contributed by atoms with Crippen LogP contribution in [0.2, 0.25) is 0 Å². The van der Waals surface area contributed by atoms with Gasteiger partial charge < -0.3 is 20.1 Å². The van der Waals surface area contributed by atoms with Gasteiger partial charge in [0.2, 0.25) is 0 Å². The number of hydrogen-bond donors (Lipinski definition) is 2. The molecular formula is C21H34N4O3. The van der Waals surface area contributed by atoms with Crippen molar-refractivity contribution in [3.8, 4) is 0 Å². The molecule has 0 saturated carbocycles. The third-order valence-electron chi connectivity index (χ3n) is 4.90. The predicted octanol–water partition coefficient (Wildman–Crippen LogP) is 1.89. The van der Waals surface area contributed by atoms with Gasteiger partial charge in [-0.15, -0.1) is 0 Å². The van der Waals surface area contributed by atoms with Crippen LogP contribution < -0.4 is 10.6 Å². The number of guanidine groups is 1. The molecule has 1 fully saturated rings. The molecule has 1 atom stereocenters. The summed E-state index contributed by atoms with van der Waals surface area (Å²) < 4.78 is 10.2. The minimum absolute atomic E-state index is 0.326. The summed E-state index contributed by atoms with van der Waals surface area (Å²) in [6.45, 7) is 12.3. The number of nitrogens with zero attached hydrogens (tertiary/aromatic N) is 2. The molecule has 0 amide bonds. The smallest absolute Gasteiger partial charge is 0.337 e. The molecule has 0 aliphatic carbocycles. The Balaban J connectivity index is 1.96. The molecule has 28 heavy (non-hydrogen) atoms. The van der Waals surface area contributed by atoms with Crippen LogP contribution in [0.15, 0.2) is 29.3 Å². The highest BCUT2D eigenvalue weighted by Gasteiger charge is 2.23. The molecule has 1 saturated heterocycles. The first-order chi connectivity index (χ1) is 13.5. The fourth-order valence-corrected chi connectivity index (χ4v) is 3.27. The molecule has 2 rings (SSSR count). The lowest BCUT2D eigenvalue weighted by Crippen LogP contribution is -2.52. The number of ether oxygens (including phenoxy) is 2. The molecule has 1 aromatic carbocycles. The van der Waals surface area contributed by atoms with Crippen LogP contribution in [-0.4, -0.2) is 69.4 Å². The molecule has 0 spiro atoms. The van der Waals surface area contributed by atoms with E-state index in [9.17, 15) is 4.79 Å². The van der Waals surface area contributed by atoms with Crippen LogP contribution in [0.5, 0.6) is 0 Å². The van der Waals surface area contributed by atoms with Crippen molar-refractivity contribution >= 4 is 11.9 Å². The molecule has 0 aromatic heterocycles. The van der Waals surface area contributed by atoms with E-state index >= 15 is 0 Å². The topological polar surface area (TPSA) is 75.2 Å². The minimum Gasteiger partial charge on any atom is -0.465 e. The molecule has 0 radical (unpaired) electrons. The largest absolute Gasteiger partial charge is 0.465 e. The third-order valence-corrected chi connectivity index (χ3v) is 4.90. The summed E-state index contributed by atoms with van der Waals surface area (Å²) in [6, 6.07) is 7.79. The number of hydrogen-bond acceptors (Lipinski definition) is 5. The molecule has 7 heteroatoms. The van der Waals surface area contributed by atoms with Crippen LogP contribution in [0, 0.1) is 5.92 Å². The van der Waals surface area contributed by atoms with Gasteiger partial charge in [-0.2, -0.15) is 0 Å². The first-order valence-electron chi connectivity index (χ1n) is 10.1. The standard InChI is InChI=1S/C21H34N4O3/c1-5-22-21(23-14-17-6-8-18(9-7-17)20(26)27-4)24-15-19(16(2)3)25-10-12-28-13-11-25/h6-9,16,19H,5,10-15H2,1-4H3,(H2,22,23,24). The normalized spacial score (nSPS) is 16.7. The van der Waals surface area contributed by atoms with Crippen molar-refractivity contribution in [3.63, 3.8) is 0 Å². The van der Waals surface area contributed by atoms with Crippen LogP contribution in [0.1, 0.15) is 36.7 Å². The number of rotatable bonds is 8. The first kappa shape index (κ1) is 22.2. The highest BCUT2D eigenvalue weighted by Crippen LogP contribution is 2.12. The van der Waals surface area contributed by atoms with Crippen molar-refractivity contribution in [2.45, 2.75) is 33.4 Å². The predicted molar refractivity (Wildman–Crippen MR) is 112 cm³/mol. The number of esters is 1. The Morgan fingerprint density at radius 3 is 2.46 bits per heavy atom. The van der Waals surface area contributed by atoms with Gasteiger partial charge in [0.15, 0.2) is 5.96 Å². The lowest BCUT2D eigenvalue weighted by atomic mass is 10.0. The van der Waals surface area contributed by atoms with Crippen molar-refractivity contribution in [2.75, 3.05) is 46.5 Å². The monoisotopic (exact) mass is 390 g/mol. The Morgan fingerprint density at radius 2 is 1.89 bits per heavy atom. The molecule has 1 aliphatic rings. The Kier molecular flexibility index (Phi) is 9.23. The summed E-state index contributed by atoms with van der Waals surface area (Å²) in [4.78, 5) is 18.7. The maximum absolute atomic E-state index is 11.5. The molecule has 0 bridgehead atoms. The number of nitrogens with one attached hydrogen (secondary N) is 2. The van der Waals surface area contributed by atoms with Crippen molar-refractivity contribution in [1.29, 1.82) is 0 Å². The van der Waals surface area contributed by atoms with E-state index in [1.807, 2.05) is 12.1 Å². The number of morpholine rings is 1. The molecule has 156 valence electrons. The van der Waals surface area contributed by atoms with Crippen molar-refractivity contribution in [2.24, 2.45) is 10.9 Å². The van der Waals surface area contributed by atoms with Gasteiger partial charge in [-0.05, 0) is 30.5 Å². The second kappa shape index (κ2) is 11.7. The van der Waals surface area contributed by atoms with Gasteiger partial charge in [0, 0.05) is 32.2 Å². The zero-order valence-electron chi connectivity index (χ0n) is 17.5. The third kappa shape index (κ3) is 6.80. The molecule has 1 aromatic rings. The highest BCUT2D eigenvalue weighted by atomic mass is 16.5.